The van der Waals surface area contributed by atoms with Crippen LogP contribution in [-0.4, -0.2) is 20.6 Å². The summed E-state index contributed by atoms with van der Waals surface area (Å²) in [6, 6.07) is 3.76. The first kappa shape index (κ1) is 11.3. The summed E-state index contributed by atoms with van der Waals surface area (Å²) < 4.78 is 14.8. The van der Waals surface area contributed by atoms with Crippen LogP contribution in [0.1, 0.15) is 21.7 Å². The Hall–Kier alpha value is -2.17. The van der Waals surface area contributed by atoms with Gasteiger partial charge in [-0.15, -0.1) is 0 Å². The Kier molecular flexibility index (Phi) is 2.91. The Balaban J connectivity index is 2.39. The second-order valence-electron chi connectivity index (χ2n) is 3.74. The zero-order chi connectivity index (χ0) is 12.4. The summed E-state index contributed by atoms with van der Waals surface area (Å²) in [6.45, 7) is 0. The third-order valence-corrected chi connectivity index (χ3v) is 2.57. The van der Waals surface area contributed by atoms with Crippen LogP contribution in [0.4, 0.5) is 4.39 Å². The molecule has 0 fully saturated rings. The summed E-state index contributed by atoms with van der Waals surface area (Å²) in [6.07, 6.45) is 3.78. The van der Waals surface area contributed by atoms with E-state index in [1.165, 1.54) is 12.1 Å². The van der Waals surface area contributed by atoms with Crippen molar-refractivity contribution in [3.8, 4) is 0 Å². The lowest BCUT2D eigenvalue weighted by atomic mass is 10.0. The number of aromatic nitrogens is 2. The highest BCUT2D eigenvalue weighted by Gasteiger charge is 2.13. The number of hydrogen-bond donors (Lipinski definition) is 1. The number of benzene rings is 1. The smallest absolute Gasteiger partial charge is 0.336 e. The molecule has 0 saturated heterocycles. The van der Waals surface area contributed by atoms with Gasteiger partial charge in [0.1, 0.15) is 11.6 Å². The highest BCUT2D eigenvalue weighted by Crippen LogP contribution is 2.15. The van der Waals surface area contributed by atoms with E-state index in [0.717, 1.165) is 11.9 Å². The molecule has 88 valence electrons. The van der Waals surface area contributed by atoms with Gasteiger partial charge in [0.25, 0.3) is 0 Å². The van der Waals surface area contributed by atoms with Crippen LogP contribution in [0.25, 0.3) is 0 Å². The predicted octanol–water partition coefficient (Wildman–Crippen LogP) is 1.85. The van der Waals surface area contributed by atoms with E-state index in [0.29, 0.717) is 12.0 Å². The summed E-state index contributed by atoms with van der Waals surface area (Å²) in [5.41, 5.74) is 0.529. The van der Waals surface area contributed by atoms with Crippen LogP contribution in [0.2, 0.25) is 0 Å². The number of carboxylic acids is 1. The second-order valence-corrected chi connectivity index (χ2v) is 3.74. The quantitative estimate of drug-likeness (QED) is 0.881. The van der Waals surface area contributed by atoms with Gasteiger partial charge in [-0.1, -0.05) is 6.07 Å². The summed E-state index contributed by atoms with van der Waals surface area (Å²) in [5, 5.41) is 8.99. The van der Waals surface area contributed by atoms with E-state index in [2.05, 4.69) is 4.98 Å². The van der Waals surface area contributed by atoms with Gasteiger partial charge in [0.2, 0.25) is 0 Å². The van der Waals surface area contributed by atoms with Crippen LogP contribution in [0.15, 0.2) is 30.6 Å². The third-order valence-electron chi connectivity index (χ3n) is 2.57. The summed E-state index contributed by atoms with van der Waals surface area (Å²) in [7, 11) is 1.83. The molecule has 2 aromatic rings. The van der Waals surface area contributed by atoms with Crippen molar-refractivity contribution in [2.45, 2.75) is 6.42 Å². The summed E-state index contributed by atoms with van der Waals surface area (Å²) in [5.74, 6) is -0.946. The molecule has 0 spiro atoms. The van der Waals surface area contributed by atoms with Crippen molar-refractivity contribution in [3.05, 3.63) is 53.4 Å². The zero-order valence-corrected chi connectivity index (χ0v) is 9.22. The molecule has 0 amide bonds. The van der Waals surface area contributed by atoms with E-state index in [1.807, 2.05) is 7.05 Å². The molecule has 0 saturated carbocycles. The fourth-order valence-electron chi connectivity index (χ4n) is 1.64. The predicted molar refractivity (Wildman–Crippen MR) is 59.4 cm³/mol. The topological polar surface area (TPSA) is 55.1 Å². The monoisotopic (exact) mass is 234 g/mol. The molecule has 0 atom stereocenters. The third kappa shape index (κ3) is 2.33. The van der Waals surface area contributed by atoms with Gasteiger partial charge in [-0.2, -0.15) is 0 Å². The van der Waals surface area contributed by atoms with Crippen LogP contribution in [-0.2, 0) is 13.5 Å². The van der Waals surface area contributed by atoms with E-state index in [9.17, 15) is 9.18 Å². The molecule has 2 rings (SSSR count). The Morgan fingerprint density at radius 3 is 2.88 bits per heavy atom. The average Bonchev–Trinajstić information content (AvgIpc) is 2.67. The molecule has 4 nitrogen and oxygen atoms in total. The number of carbonyl (C=O) groups is 1. The molecule has 5 heteroatoms. The number of rotatable bonds is 3. The molecule has 17 heavy (non-hydrogen) atoms. The molecule has 1 N–H and O–H groups in total. The fraction of sp³-hybridized carbons (Fsp3) is 0.167. The highest BCUT2D eigenvalue weighted by atomic mass is 19.1. The van der Waals surface area contributed by atoms with Gasteiger partial charge in [-0.3, -0.25) is 0 Å². The number of hydrogen-bond acceptors (Lipinski definition) is 2. The molecule has 0 unspecified atom stereocenters. The Morgan fingerprint density at radius 1 is 1.53 bits per heavy atom. The number of nitrogens with zero attached hydrogens (tertiary/aromatic N) is 2. The van der Waals surface area contributed by atoms with Gasteiger partial charge in [0.05, 0.1) is 5.56 Å². The van der Waals surface area contributed by atoms with E-state index >= 15 is 0 Å². The van der Waals surface area contributed by atoms with Crippen LogP contribution in [0, 0.1) is 5.82 Å². The Morgan fingerprint density at radius 2 is 2.29 bits per heavy atom. The maximum Gasteiger partial charge on any atom is 0.336 e. The molecular formula is C12H11FN2O2. The lowest BCUT2D eigenvalue weighted by molar-refractivity contribution is 0.0695. The van der Waals surface area contributed by atoms with Crippen molar-refractivity contribution >= 4 is 5.97 Å². The second kappa shape index (κ2) is 4.37. The van der Waals surface area contributed by atoms with Gasteiger partial charge >= 0.3 is 5.97 Å². The number of halogens is 1. The minimum absolute atomic E-state index is 0.0204. The zero-order valence-electron chi connectivity index (χ0n) is 9.22. The SMILES string of the molecule is Cn1ccnc1Cc1ccc(F)cc1C(=O)O. The summed E-state index contributed by atoms with van der Waals surface area (Å²) >= 11 is 0. The van der Waals surface area contributed by atoms with Crippen molar-refractivity contribution in [1.29, 1.82) is 0 Å². The number of imidazole rings is 1. The Bertz CT molecular complexity index is 563. The standard InChI is InChI=1S/C12H11FN2O2/c1-15-5-4-14-11(15)6-8-2-3-9(13)7-10(8)12(16)17/h2-5,7H,6H2,1H3,(H,16,17). The lowest BCUT2D eigenvalue weighted by Crippen LogP contribution is -2.06. The molecule has 0 aliphatic carbocycles. The van der Waals surface area contributed by atoms with Crippen LogP contribution >= 0.6 is 0 Å². The maximum atomic E-state index is 13.0. The number of carboxylic acid groups (broad SMARTS) is 1. The Labute approximate surface area is 97.3 Å². The van der Waals surface area contributed by atoms with Crippen LogP contribution in [0.5, 0.6) is 0 Å². The first-order valence-electron chi connectivity index (χ1n) is 5.06. The molecule has 0 aliphatic heterocycles. The first-order valence-corrected chi connectivity index (χ1v) is 5.06. The first-order chi connectivity index (χ1) is 8.08. The molecule has 1 aromatic carbocycles. The van der Waals surface area contributed by atoms with E-state index in [1.54, 1.807) is 17.0 Å². The fourth-order valence-corrected chi connectivity index (χ4v) is 1.64. The van der Waals surface area contributed by atoms with Crippen LogP contribution < -0.4 is 0 Å². The van der Waals surface area contributed by atoms with Crippen molar-refractivity contribution in [2.24, 2.45) is 7.05 Å². The van der Waals surface area contributed by atoms with Crippen LogP contribution in [0.3, 0.4) is 0 Å². The maximum absolute atomic E-state index is 13.0. The minimum atomic E-state index is -1.13. The van der Waals surface area contributed by atoms with E-state index in [4.69, 9.17) is 5.11 Å². The normalized spacial score (nSPS) is 10.5. The molecule has 1 heterocycles. The van der Waals surface area contributed by atoms with Crippen molar-refractivity contribution in [3.63, 3.8) is 0 Å². The summed E-state index contributed by atoms with van der Waals surface area (Å²) in [4.78, 5) is 15.1. The minimum Gasteiger partial charge on any atom is -0.478 e. The largest absolute Gasteiger partial charge is 0.478 e. The van der Waals surface area contributed by atoms with E-state index < -0.39 is 11.8 Å². The number of aryl methyl sites for hydroxylation is 1. The average molecular weight is 234 g/mol. The number of aromatic carboxylic acids is 1. The van der Waals surface area contributed by atoms with Crippen molar-refractivity contribution < 1.29 is 14.3 Å². The molecule has 0 bridgehead atoms. The van der Waals surface area contributed by atoms with Crippen molar-refractivity contribution in [1.82, 2.24) is 9.55 Å². The van der Waals surface area contributed by atoms with Gasteiger partial charge in [-0.25, -0.2) is 14.2 Å². The van der Waals surface area contributed by atoms with Gasteiger partial charge in [-0.05, 0) is 17.7 Å². The van der Waals surface area contributed by atoms with Crippen molar-refractivity contribution in [2.75, 3.05) is 0 Å². The molecule has 1 aromatic heterocycles. The van der Waals surface area contributed by atoms with E-state index in [-0.39, 0.29) is 5.56 Å². The molecular weight excluding hydrogens is 223 g/mol. The van der Waals surface area contributed by atoms with Gasteiger partial charge in [0.15, 0.2) is 0 Å². The lowest BCUT2D eigenvalue weighted by Gasteiger charge is -2.06. The molecule has 0 radical (unpaired) electrons. The van der Waals surface area contributed by atoms with Gasteiger partial charge < -0.3 is 9.67 Å². The van der Waals surface area contributed by atoms with Gasteiger partial charge in [0, 0.05) is 25.9 Å². The highest BCUT2D eigenvalue weighted by molar-refractivity contribution is 5.89. The molecule has 0 aliphatic rings.